The maximum absolute atomic E-state index is 13.6. The number of amides is 1. The minimum absolute atomic E-state index is 0.0373. The van der Waals surface area contributed by atoms with Gasteiger partial charge < -0.3 is 10.1 Å². The first kappa shape index (κ1) is 20.2. The van der Waals surface area contributed by atoms with Crippen molar-refractivity contribution in [2.75, 3.05) is 11.9 Å². The van der Waals surface area contributed by atoms with E-state index in [2.05, 4.69) is 4.98 Å². The van der Waals surface area contributed by atoms with Gasteiger partial charge in [0.2, 0.25) is 0 Å². The summed E-state index contributed by atoms with van der Waals surface area (Å²) in [6.07, 6.45) is 1.21. The molecule has 0 unspecified atom stereocenters. The molecule has 8 nitrogen and oxygen atoms in total. The van der Waals surface area contributed by atoms with E-state index in [9.17, 15) is 32.9 Å². The molecule has 0 saturated heterocycles. The van der Waals surface area contributed by atoms with Gasteiger partial charge in [-0.2, -0.15) is 8.78 Å². The average molecular weight is 401 g/mol. The molecule has 1 aromatic carbocycles. The van der Waals surface area contributed by atoms with E-state index in [1.807, 2.05) is 5.32 Å². The Bertz CT molecular complexity index is 882. The third-order valence-corrected chi connectivity index (χ3v) is 3.69. The lowest BCUT2D eigenvalue weighted by Crippen LogP contribution is -2.22. The van der Waals surface area contributed by atoms with Crippen molar-refractivity contribution in [1.82, 2.24) is 4.98 Å². The zero-order valence-electron chi connectivity index (χ0n) is 13.2. The van der Waals surface area contributed by atoms with Gasteiger partial charge in [0.1, 0.15) is 10.8 Å². The molecule has 1 N–H and O–H groups in total. The number of alkyl halides is 2. The lowest BCUT2D eigenvalue weighted by molar-refractivity contribution is -0.384. The Morgan fingerprint density at radius 1 is 1.33 bits per heavy atom. The number of nitro benzene ring substituents is 1. The second kappa shape index (κ2) is 8.98. The molecule has 1 amide bonds. The molecule has 27 heavy (non-hydrogen) atoms. The van der Waals surface area contributed by atoms with Crippen molar-refractivity contribution in [2.45, 2.75) is 10.8 Å². The van der Waals surface area contributed by atoms with E-state index in [1.54, 1.807) is 0 Å². The van der Waals surface area contributed by atoms with Crippen molar-refractivity contribution < 1.29 is 32.4 Å². The number of esters is 1. The summed E-state index contributed by atoms with van der Waals surface area (Å²) >= 11 is 0.0373. The smallest absolute Gasteiger partial charge is 0.341 e. The van der Waals surface area contributed by atoms with Gasteiger partial charge in [0.25, 0.3) is 17.4 Å². The molecule has 0 bridgehead atoms. The number of nitrogens with one attached hydrogen (secondary N) is 1. The van der Waals surface area contributed by atoms with Crippen LogP contribution in [0.4, 0.5) is 24.5 Å². The number of carbonyl (C=O) groups excluding carboxylic acids is 2. The van der Waals surface area contributed by atoms with Crippen molar-refractivity contribution in [2.24, 2.45) is 0 Å². The molecule has 0 radical (unpaired) electrons. The highest BCUT2D eigenvalue weighted by molar-refractivity contribution is 7.99. The standard InChI is InChI=1S/C15H10F3N3O5S/c16-10-4-3-8(21(24)25)6-11(10)20-12(22)7-26-14(23)9-2-1-5-19-13(9)27-15(17)18/h1-6,15H,7H2,(H,20,22). The Morgan fingerprint density at radius 3 is 2.74 bits per heavy atom. The van der Waals surface area contributed by atoms with E-state index >= 15 is 0 Å². The largest absolute Gasteiger partial charge is 0.452 e. The first-order chi connectivity index (χ1) is 12.8. The molecule has 2 aromatic rings. The number of aromatic nitrogens is 1. The molecule has 1 aromatic heterocycles. The Kier molecular flexibility index (Phi) is 6.71. The van der Waals surface area contributed by atoms with Crippen LogP contribution in [0.15, 0.2) is 41.6 Å². The minimum atomic E-state index is -2.81. The van der Waals surface area contributed by atoms with E-state index in [0.29, 0.717) is 0 Å². The number of carbonyl (C=O) groups is 2. The Hall–Kier alpha value is -3.15. The summed E-state index contributed by atoms with van der Waals surface area (Å²) in [6.45, 7) is -0.866. The molecule has 0 spiro atoms. The lowest BCUT2D eigenvalue weighted by Gasteiger charge is -2.09. The van der Waals surface area contributed by atoms with Crippen LogP contribution in [0, 0.1) is 15.9 Å². The zero-order valence-corrected chi connectivity index (χ0v) is 14.0. The predicted molar refractivity (Wildman–Crippen MR) is 88.1 cm³/mol. The highest BCUT2D eigenvalue weighted by Gasteiger charge is 2.19. The molecule has 0 aliphatic rings. The van der Waals surface area contributed by atoms with E-state index in [0.717, 1.165) is 18.2 Å². The SMILES string of the molecule is O=C(COC(=O)c1cccnc1SC(F)F)Nc1cc([N+](=O)[O-])ccc1F. The molecular weight excluding hydrogens is 391 g/mol. The minimum Gasteiger partial charge on any atom is -0.452 e. The number of non-ortho nitro benzene ring substituents is 1. The maximum atomic E-state index is 13.6. The lowest BCUT2D eigenvalue weighted by atomic mass is 10.2. The number of nitro groups is 1. The van der Waals surface area contributed by atoms with Gasteiger partial charge in [-0.05, 0) is 30.0 Å². The van der Waals surface area contributed by atoms with E-state index in [4.69, 9.17) is 4.74 Å². The molecular formula is C15H10F3N3O5S. The summed E-state index contributed by atoms with van der Waals surface area (Å²) in [7, 11) is 0. The summed E-state index contributed by atoms with van der Waals surface area (Å²) in [5.74, 6) is -5.80. The van der Waals surface area contributed by atoms with E-state index in [1.165, 1.54) is 18.3 Å². The summed E-state index contributed by atoms with van der Waals surface area (Å²) in [5.41, 5.74) is -1.19. The fourth-order valence-electron chi connectivity index (χ4n) is 1.84. The number of ether oxygens (including phenoxy) is 1. The first-order valence-corrected chi connectivity index (χ1v) is 7.96. The van der Waals surface area contributed by atoms with Crippen LogP contribution in [0.2, 0.25) is 0 Å². The Balaban J connectivity index is 2.01. The summed E-state index contributed by atoms with van der Waals surface area (Å²) in [5, 5.41) is 12.4. The van der Waals surface area contributed by atoms with Gasteiger partial charge >= 0.3 is 5.97 Å². The second-order valence-electron chi connectivity index (χ2n) is 4.78. The van der Waals surface area contributed by atoms with Crippen LogP contribution in [-0.2, 0) is 9.53 Å². The molecule has 0 atom stereocenters. The molecule has 0 aliphatic heterocycles. The van der Waals surface area contributed by atoms with E-state index in [-0.39, 0.29) is 22.4 Å². The van der Waals surface area contributed by atoms with Crippen LogP contribution < -0.4 is 5.32 Å². The van der Waals surface area contributed by atoms with Gasteiger partial charge in [-0.15, -0.1) is 0 Å². The summed E-state index contributed by atoms with van der Waals surface area (Å²) < 4.78 is 43.2. The average Bonchev–Trinajstić information content (AvgIpc) is 2.61. The van der Waals surface area contributed by atoms with Crippen LogP contribution in [0.5, 0.6) is 0 Å². The number of hydrogen-bond acceptors (Lipinski definition) is 7. The fourth-order valence-corrected chi connectivity index (χ4v) is 2.41. The predicted octanol–water partition coefficient (Wildman–Crippen LogP) is 3.24. The number of rotatable bonds is 7. The number of pyridine rings is 1. The molecule has 2 rings (SSSR count). The number of halogens is 3. The number of hydrogen-bond donors (Lipinski definition) is 1. The number of thioether (sulfide) groups is 1. The van der Waals surface area contributed by atoms with Crippen molar-refractivity contribution in [3.63, 3.8) is 0 Å². The van der Waals surface area contributed by atoms with Crippen LogP contribution in [0.25, 0.3) is 0 Å². The van der Waals surface area contributed by atoms with Gasteiger partial charge in [-0.3, -0.25) is 14.9 Å². The van der Waals surface area contributed by atoms with Crippen LogP contribution in [0.3, 0.4) is 0 Å². The Labute approximate surface area is 153 Å². The van der Waals surface area contributed by atoms with Crippen molar-refractivity contribution >= 4 is 35.0 Å². The monoisotopic (exact) mass is 401 g/mol. The summed E-state index contributed by atoms with van der Waals surface area (Å²) in [4.78, 5) is 37.3. The molecule has 0 fully saturated rings. The van der Waals surface area contributed by atoms with Gasteiger partial charge in [0.05, 0.1) is 16.2 Å². The van der Waals surface area contributed by atoms with Crippen LogP contribution in [0.1, 0.15) is 10.4 Å². The van der Waals surface area contributed by atoms with Gasteiger partial charge in [-0.1, -0.05) is 0 Å². The fraction of sp³-hybridized carbons (Fsp3) is 0.133. The van der Waals surface area contributed by atoms with Gasteiger partial charge in [0.15, 0.2) is 6.61 Å². The highest BCUT2D eigenvalue weighted by Crippen LogP contribution is 2.26. The number of anilines is 1. The van der Waals surface area contributed by atoms with Crippen LogP contribution in [-0.4, -0.2) is 34.1 Å². The molecule has 142 valence electrons. The third kappa shape index (κ3) is 5.67. The third-order valence-electron chi connectivity index (χ3n) is 2.96. The van der Waals surface area contributed by atoms with Crippen molar-refractivity contribution in [1.29, 1.82) is 0 Å². The highest BCUT2D eigenvalue weighted by atomic mass is 32.2. The normalized spacial score (nSPS) is 10.5. The maximum Gasteiger partial charge on any atom is 0.341 e. The zero-order chi connectivity index (χ0) is 20.0. The van der Waals surface area contributed by atoms with Gasteiger partial charge in [-0.25, -0.2) is 14.2 Å². The first-order valence-electron chi connectivity index (χ1n) is 7.08. The van der Waals surface area contributed by atoms with Gasteiger partial charge in [0, 0.05) is 18.3 Å². The van der Waals surface area contributed by atoms with Crippen molar-refractivity contribution in [3.8, 4) is 0 Å². The quantitative estimate of drug-likeness (QED) is 0.328. The molecule has 0 saturated carbocycles. The van der Waals surface area contributed by atoms with Crippen molar-refractivity contribution in [3.05, 3.63) is 58.0 Å². The molecule has 12 heteroatoms. The second-order valence-corrected chi connectivity index (χ2v) is 5.76. The van der Waals surface area contributed by atoms with Crippen LogP contribution >= 0.6 is 11.8 Å². The topological polar surface area (TPSA) is 111 Å². The molecule has 0 aliphatic carbocycles. The number of benzene rings is 1. The number of nitrogens with zero attached hydrogens (tertiary/aromatic N) is 2. The Morgan fingerprint density at radius 2 is 2.07 bits per heavy atom. The summed E-state index contributed by atoms with van der Waals surface area (Å²) in [6, 6.07) is 5.02. The molecule has 1 heterocycles. The van der Waals surface area contributed by atoms with E-state index < -0.39 is 46.4 Å².